The Bertz CT molecular complexity index is 545. The summed E-state index contributed by atoms with van der Waals surface area (Å²) in [6.07, 6.45) is 0. The van der Waals surface area contributed by atoms with E-state index in [4.69, 9.17) is 16.3 Å². The fraction of sp³-hybridized carbons (Fsp3) is 0.500. The lowest BCUT2D eigenvalue weighted by Crippen LogP contribution is -2.40. The quantitative estimate of drug-likeness (QED) is 0.526. The van der Waals surface area contributed by atoms with Gasteiger partial charge < -0.3 is 15.0 Å². The maximum Gasteiger partial charge on any atom is 0.310 e. The van der Waals surface area contributed by atoms with Crippen molar-refractivity contribution in [1.29, 1.82) is 0 Å². The van der Waals surface area contributed by atoms with Crippen molar-refractivity contribution in [2.24, 2.45) is 16.8 Å². The number of methoxy groups -OCH3 is 1. The van der Waals surface area contributed by atoms with Gasteiger partial charge in [-0.05, 0) is 23.6 Å². The fourth-order valence-corrected chi connectivity index (χ4v) is 2.84. The average molecular weight is 324 g/mol. The molecule has 2 rings (SSSR count). The Hall–Kier alpha value is -1.75. The van der Waals surface area contributed by atoms with Crippen LogP contribution in [0.5, 0.6) is 0 Å². The van der Waals surface area contributed by atoms with Gasteiger partial charge >= 0.3 is 5.97 Å². The van der Waals surface area contributed by atoms with E-state index in [1.807, 2.05) is 24.3 Å². The smallest absolute Gasteiger partial charge is 0.310 e. The van der Waals surface area contributed by atoms with E-state index >= 15 is 0 Å². The van der Waals surface area contributed by atoms with Crippen molar-refractivity contribution >= 4 is 23.5 Å². The molecule has 22 heavy (non-hydrogen) atoms. The molecular formula is C16H22ClN3O2. The van der Waals surface area contributed by atoms with Crippen molar-refractivity contribution in [2.45, 2.75) is 13.5 Å². The number of hydrogen-bond acceptors (Lipinski definition) is 3. The van der Waals surface area contributed by atoms with Crippen LogP contribution >= 0.6 is 11.6 Å². The molecule has 5 nitrogen and oxygen atoms in total. The molecule has 0 spiro atoms. The van der Waals surface area contributed by atoms with E-state index in [-0.39, 0.29) is 17.8 Å². The summed E-state index contributed by atoms with van der Waals surface area (Å²) in [5, 5.41) is 4.05. The van der Waals surface area contributed by atoms with Gasteiger partial charge in [-0.3, -0.25) is 9.79 Å². The molecule has 0 bridgehead atoms. The predicted molar refractivity (Wildman–Crippen MR) is 87.9 cm³/mol. The number of guanidine groups is 1. The molecule has 1 aromatic rings. The summed E-state index contributed by atoms with van der Waals surface area (Å²) < 4.78 is 4.87. The predicted octanol–water partition coefficient (Wildman–Crippen LogP) is 2.16. The highest BCUT2D eigenvalue weighted by Crippen LogP contribution is 2.24. The second kappa shape index (κ2) is 7.49. The molecule has 0 aromatic heterocycles. The number of nitrogens with one attached hydrogen (secondary N) is 1. The Labute approximate surface area is 136 Å². The molecule has 1 aromatic carbocycles. The van der Waals surface area contributed by atoms with Crippen molar-refractivity contribution in [3.63, 3.8) is 0 Å². The van der Waals surface area contributed by atoms with Gasteiger partial charge in [-0.2, -0.15) is 0 Å². The van der Waals surface area contributed by atoms with Gasteiger partial charge in [0.05, 0.1) is 13.0 Å². The van der Waals surface area contributed by atoms with E-state index in [0.29, 0.717) is 13.1 Å². The number of carbonyl (C=O) groups is 1. The zero-order valence-electron chi connectivity index (χ0n) is 13.2. The van der Waals surface area contributed by atoms with Crippen LogP contribution < -0.4 is 5.32 Å². The Morgan fingerprint density at radius 2 is 2.09 bits per heavy atom. The molecule has 120 valence electrons. The van der Waals surface area contributed by atoms with Gasteiger partial charge in [0, 0.05) is 31.7 Å². The van der Waals surface area contributed by atoms with E-state index in [1.54, 1.807) is 7.05 Å². The number of nitrogens with zero attached hydrogens (tertiary/aromatic N) is 2. The maximum absolute atomic E-state index is 11.8. The minimum atomic E-state index is -0.150. The largest absolute Gasteiger partial charge is 0.469 e. The van der Waals surface area contributed by atoms with E-state index in [0.717, 1.165) is 23.1 Å². The van der Waals surface area contributed by atoms with Crippen LogP contribution in [0.15, 0.2) is 29.3 Å². The summed E-state index contributed by atoms with van der Waals surface area (Å²) in [4.78, 5) is 18.2. The maximum atomic E-state index is 11.8. The first kappa shape index (κ1) is 16.6. The van der Waals surface area contributed by atoms with Gasteiger partial charge in [0.2, 0.25) is 0 Å². The highest BCUT2D eigenvalue weighted by atomic mass is 35.5. The Kier molecular flexibility index (Phi) is 5.66. The number of benzene rings is 1. The van der Waals surface area contributed by atoms with Crippen LogP contribution in [-0.4, -0.2) is 44.1 Å². The van der Waals surface area contributed by atoms with Crippen LogP contribution in [0.1, 0.15) is 12.5 Å². The summed E-state index contributed by atoms with van der Waals surface area (Å²) in [7, 11) is 3.19. The van der Waals surface area contributed by atoms with Crippen molar-refractivity contribution in [2.75, 3.05) is 27.2 Å². The fourth-order valence-electron chi connectivity index (χ4n) is 2.71. The number of hydrogen-bond donors (Lipinski definition) is 1. The second-order valence-electron chi connectivity index (χ2n) is 5.54. The molecule has 0 amide bonds. The summed E-state index contributed by atoms with van der Waals surface area (Å²) in [5.74, 6) is 0.803. The lowest BCUT2D eigenvalue weighted by atomic mass is 9.99. The molecule has 1 N–H and O–H groups in total. The molecule has 2 atom stereocenters. The van der Waals surface area contributed by atoms with Crippen LogP contribution in [-0.2, 0) is 16.1 Å². The lowest BCUT2D eigenvalue weighted by Gasteiger charge is -2.21. The molecule has 0 aliphatic carbocycles. The van der Waals surface area contributed by atoms with Crippen molar-refractivity contribution in [3.8, 4) is 0 Å². The summed E-state index contributed by atoms with van der Waals surface area (Å²) in [5.41, 5.74) is 1.13. The van der Waals surface area contributed by atoms with Gasteiger partial charge in [-0.15, -0.1) is 0 Å². The summed E-state index contributed by atoms with van der Waals surface area (Å²) >= 11 is 5.88. The first-order valence-corrected chi connectivity index (χ1v) is 7.70. The van der Waals surface area contributed by atoms with Crippen LogP contribution in [0.3, 0.4) is 0 Å². The van der Waals surface area contributed by atoms with Gasteiger partial charge in [-0.1, -0.05) is 30.7 Å². The molecular weight excluding hydrogens is 302 g/mol. The number of ether oxygens (including phenoxy) is 1. The summed E-state index contributed by atoms with van der Waals surface area (Å²) in [6.45, 7) is 4.15. The van der Waals surface area contributed by atoms with Gasteiger partial charge in [-0.25, -0.2) is 0 Å². The normalized spacial score (nSPS) is 21.8. The number of rotatable bonds is 3. The molecule has 0 radical (unpaired) electrons. The Balaban J connectivity index is 1.95. The van der Waals surface area contributed by atoms with E-state index < -0.39 is 0 Å². The van der Waals surface area contributed by atoms with Crippen LogP contribution in [0.4, 0.5) is 0 Å². The standard InChI is InChI=1S/C16H22ClN3O2/c1-11-9-20(10-14(11)15(21)22-3)16(18-2)19-8-12-4-6-13(17)7-5-12/h4-7,11,14H,8-10H2,1-3H3,(H,18,19). The number of aliphatic imine (C=N–C) groups is 1. The first-order valence-electron chi connectivity index (χ1n) is 7.33. The number of halogens is 1. The minimum absolute atomic E-state index is 0.0981. The molecule has 0 saturated carbocycles. The number of carbonyl (C=O) groups excluding carboxylic acids is 1. The molecule has 1 aliphatic rings. The van der Waals surface area contributed by atoms with Gasteiger partial charge in [0.25, 0.3) is 0 Å². The summed E-state index contributed by atoms with van der Waals surface area (Å²) in [6, 6.07) is 7.69. The third-order valence-corrected chi connectivity index (χ3v) is 4.24. The first-order chi connectivity index (χ1) is 10.5. The van der Waals surface area contributed by atoms with E-state index in [9.17, 15) is 4.79 Å². The monoisotopic (exact) mass is 323 g/mol. The van der Waals surface area contributed by atoms with Crippen molar-refractivity contribution < 1.29 is 9.53 Å². The van der Waals surface area contributed by atoms with Crippen LogP contribution in [0.25, 0.3) is 0 Å². The SMILES string of the molecule is CN=C(NCc1ccc(Cl)cc1)N1CC(C)C(C(=O)OC)C1. The van der Waals surface area contributed by atoms with Crippen LogP contribution in [0, 0.1) is 11.8 Å². The average Bonchev–Trinajstić information content (AvgIpc) is 2.91. The van der Waals surface area contributed by atoms with Crippen molar-refractivity contribution in [3.05, 3.63) is 34.9 Å². The number of likely N-dealkylation sites (tertiary alicyclic amines) is 1. The lowest BCUT2D eigenvalue weighted by molar-refractivity contribution is -0.145. The molecule has 2 unspecified atom stereocenters. The zero-order valence-corrected chi connectivity index (χ0v) is 13.9. The topological polar surface area (TPSA) is 53.9 Å². The minimum Gasteiger partial charge on any atom is -0.469 e. The Morgan fingerprint density at radius 1 is 1.41 bits per heavy atom. The third-order valence-electron chi connectivity index (χ3n) is 3.99. The molecule has 6 heteroatoms. The van der Waals surface area contributed by atoms with E-state index in [1.165, 1.54) is 7.11 Å². The van der Waals surface area contributed by atoms with Crippen molar-refractivity contribution in [1.82, 2.24) is 10.2 Å². The number of esters is 1. The van der Waals surface area contributed by atoms with Gasteiger partial charge in [0.1, 0.15) is 0 Å². The van der Waals surface area contributed by atoms with Gasteiger partial charge in [0.15, 0.2) is 5.96 Å². The highest BCUT2D eigenvalue weighted by Gasteiger charge is 2.36. The molecule has 1 heterocycles. The second-order valence-corrected chi connectivity index (χ2v) is 5.98. The third kappa shape index (κ3) is 3.91. The van der Waals surface area contributed by atoms with E-state index in [2.05, 4.69) is 22.1 Å². The zero-order chi connectivity index (χ0) is 16.1. The molecule has 1 saturated heterocycles. The van der Waals surface area contributed by atoms with Crippen LogP contribution in [0.2, 0.25) is 5.02 Å². The molecule has 1 fully saturated rings. The Morgan fingerprint density at radius 3 is 2.68 bits per heavy atom. The molecule has 1 aliphatic heterocycles. The highest BCUT2D eigenvalue weighted by molar-refractivity contribution is 6.30.